The second-order valence-electron chi connectivity index (χ2n) is 3.40. The van der Waals surface area contributed by atoms with E-state index in [9.17, 15) is 5.11 Å². The number of nitrogens with zero attached hydrogens (tertiary/aromatic N) is 2. The van der Waals surface area contributed by atoms with Crippen LogP contribution in [0.2, 0.25) is 0 Å². The van der Waals surface area contributed by atoms with Gasteiger partial charge in [0.15, 0.2) is 0 Å². The number of hydrogen-bond acceptors (Lipinski definition) is 5. The van der Waals surface area contributed by atoms with E-state index in [1.54, 1.807) is 29.6 Å². The van der Waals surface area contributed by atoms with Crippen molar-refractivity contribution in [3.05, 3.63) is 32.2 Å². The Hall–Kier alpha value is -0.780. The second kappa shape index (κ2) is 4.38. The molecule has 0 aliphatic carbocycles. The van der Waals surface area contributed by atoms with Crippen LogP contribution in [0.1, 0.15) is 34.4 Å². The molecule has 0 aliphatic rings. The monoisotopic (exact) mass is 240 g/mol. The molecule has 2 rings (SSSR count). The molecule has 1 N–H and O–H groups in total. The number of hydrogen-bond donors (Lipinski definition) is 1. The third kappa shape index (κ3) is 2.62. The topological polar surface area (TPSA) is 46.0 Å². The number of aliphatic hydroxyl groups is 1. The van der Waals surface area contributed by atoms with E-state index < -0.39 is 6.10 Å². The molecule has 0 aliphatic heterocycles. The molecule has 15 heavy (non-hydrogen) atoms. The molecule has 0 spiro atoms. The SMILES string of the molecule is Cc1csc(Cc2nc(C(C)O)cs2)n1. The van der Waals surface area contributed by atoms with E-state index in [1.165, 1.54) is 0 Å². The molecule has 2 aromatic rings. The number of aromatic nitrogens is 2. The first-order valence-electron chi connectivity index (χ1n) is 4.68. The van der Waals surface area contributed by atoms with E-state index in [4.69, 9.17) is 0 Å². The summed E-state index contributed by atoms with van der Waals surface area (Å²) in [5, 5.41) is 15.4. The summed E-state index contributed by atoms with van der Waals surface area (Å²) in [4.78, 5) is 8.73. The smallest absolute Gasteiger partial charge is 0.0997 e. The number of aliphatic hydroxyl groups excluding tert-OH is 1. The van der Waals surface area contributed by atoms with Crippen LogP contribution in [0.15, 0.2) is 10.8 Å². The zero-order valence-corrected chi connectivity index (χ0v) is 10.2. The van der Waals surface area contributed by atoms with Crippen molar-refractivity contribution in [2.45, 2.75) is 26.4 Å². The minimum Gasteiger partial charge on any atom is -0.387 e. The van der Waals surface area contributed by atoms with Crippen molar-refractivity contribution in [2.24, 2.45) is 0 Å². The maximum absolute atomic E-state index is 9.34. The van der Waals surface area contributed by atoms with Gasteiger partial charge in [-0.2, -0.15) is 0 Å². The van der Waals surface area contributed by atoms with Gasteiger partial charge < -0.3 is 5.11 Å². The number of rotatable bonds is 3. The quantitative estimate of drug-likeness (QED) is 0.896. The van der Waals surface area contributed by atoms with E-state index in [1.807, 2.05) is 17.7 Å². The first-order valence-corrected chi connectivity index (χ1v) is 6.44. The van der Waals surface area contributed by atoms with Crippen LogP contribution in [-0.2, 0) is 6.42 Å². The van der Waals surface area contributed by atoms with Crippen LogP contribution in [0.5, 0.6) is 0 Å². The van der Waals surface area contributed by atoms with Crippen molar-refractivity contribution in [1.82, 2.24) is 9.97 Å². The molecule has 1 atom stereocenters. The standard InChI is InChI=1S/C10H12N2OS2/c1-6-4-14-9(11-6)3-10-12-8(5-15-10)7(2)13/h4-5,7,13H,3H2,1-2H3. The average molecular weight is 240 g/mol. The molecule has 80 valence electrons. The molecular formula is C10H12N2OS2. The Morgan fingerprint density at radius 3 is 2.47 bits per heavy atom. The molecular weight excluding hydrogens is 228 g/mol. The number of thiazole rings is 2. The van der Waals surface area contributed by atoms with Gasteiger partial charge in [-0.15, -0.1) is 22.7 Å². The predicted molar refractivity (Wildman–Crippen MR) is 62.4 cm³/mol. The van der Waals surface area contributed by atoms with Gasteiger partial charge in [-0.05, 0) is 13.8 Å². The Balaban J connectivity index is 2.11. The van der Waals surface area contributed by atoms with Gasteiger partial charge in [0.25, 0.3) is 0 Å². The van der Waals surface area contributed by atoms with Crippen molar-refractivity contribution in [3.63, 3.8) is 0 Å². The van der Waals surface area contributed by atoms with E-state index >= 15 is 0 Å². The maximum Gasteiger partial charge on any atom is 0.0997 e. The third-order valence-corrected chi connectivity index (χ3v) is 3.80. The van der Waals surface area contributed by atoms with Gasteiger partial charge in [-0.3, -0.25) is 0 Å². The lowest BCUT2D eigenvalue weighted by Gasteiger charge is -1.96. The average Bonchev–Trinajstić information content (AvgIpc) is 2.76. The molecule has 1 unspecified atom stereocenters. The van der Waals surface area contributed by atoms with Gasteiger partial charge in [0.2, 0.25) is 0 Å². The summed E-state index contributed by atoms with van der Waals surface area (Å²) in [5.41, 5.74) is 1.81. The van der Waals surface area contributed by atoms with Crippen molar-refractivity contribution in [2.75, 3.05) is 0 Å². The van der Waals surface area contributed by atoms with Crippen molar-refractivity contribution in [1.29, 1.82) is 0 Å². The molecule has 2 aromatic heterocycles. The largest absolute Gasteiger partial charge is 0.387 e. The summed E-state index contributed by atoms with van der Waals surface area (Å²) in [6.07, 6.45) is 0.295. The Kier molecular flexibility index (Phi) is 3.14. The molecule has 5 heteroatoms. The van der Waals surface area contributed by atoms with Gasteiger partial charge in [0.05, 0.1) is 28.2 Å². The molecule has 0 saturated carbocycles. The zero-order chi connectivity index (χ0) is 10.8. The van der Waals surface area contributed by atoms with Gasteiger partial charge in [-0.25, -0.2) is 9.97 Å². The summed E-state index contributed by atoms with van der Waals surface area (Å²) in [5.74, 6) is 0. The molecule has 0 radical (unpaired) electrons. The predicted octanol–water partition coefficient (Wildman–Crippen LogP) is 2.55. The lowest BCUT2D eigenvalue weighted by Crippen LogP contribution is -1.92. The van der Waals surface area contributed by atoms with E-state index in [0.717, 1.165) is 27.8 Å². The van der Waals surface area contributed by atoms with Crippen molar-refractivity contribution in [3.8, 4) is 0 Å². The van der Waals surface area contributed by atoms with Crippen LogP contribution in [-0.4, -0.2) is 15.1 Å². The molecule has 0 saturated heterocycles. The van der Waals surface area contributed by atoms with E-state index in [2.05, 4.69) is 9.97 Å². The highest BCUT2D eigenvalue weighted by atomic mass is 32.1. The van der Waals surface area contributed by atoms with Crippen LogP contribution < -0.4 is 0 Å². The molecule has 0 amide bonds. The van der Waals surface area contributed by atoms with Crippen molar-refractivity contribution >= 4 is 22.7 Å². The fourth-order valence-electron chi connectivity index (χ4n) is 1.21. The van der Waals surface area contributed by atoms with Crippen LogP contribution in [0.25, 0.3) is 0 Å². The Bertz CT molecular complexity index is 448. The Morgan fingerprint density at radius 1 is 1.27 bits per heavy atom. The van der Waals surface area contributed by atoms with Gasteiger partial charge >= 0.3 is 0 Å². The number of aryl methyl sites for hydroxylation is 1. The Morgan fingerprint density at radius 2 is 1.93 bits per heavy atom. The summed E-state index contributed by atoms with van der Waals surface area (Å²) in [6, 6.07) is 0. The van der Waals surface area contributed by atoms with Crippen LogP contribution >= 0.6 is 22.7 Å². The second-order valence-corrected chi connectivity index (χ2v) is 5.29. The zero-order valence-electron chi connectivity index (χ0n) is 8.60. The van der Waals surface area contributed by atoms with Gasteiger partial charge in [0.1, 0.15) is 0 Å². The van der Waals surface area contributed by atoms with Gasteiger partial charge in [-0.1, -0.05) is 0 Å². The highest BCUT2D eigenvalue weighted by Crippen LogP contribution is 2.20. The lowest BCUT2D eigenvalue weighted by molar-refractivity contribution is 0.195. The third-order valence-electron chi connectivity index (χ3n) is 1.97. The lowest BCUT2D eigenvalue weighted by atomic mass is 10.3. The molecule has 2 heterocycles. The van der Waals surface area contributed by atoms with Crippen LogP contribution in [0, 0.1) is 6.92 Å². The minimum atomic E-state index is -0.479. The first kappa shape index (κ1) is 10.7. The van der Waals surface area contributed by atoms with Crippen LogP contribution in [0.4, 0.5) is 0 Å². The summed E-state index contributed by atoms with van der Waals surface area (Å²) in [6.45, 7) is 3.72. The highest BCUT2D eigenvalue weighted by molar-refractivity contribution is 7.11. The van der Waals surface area contributed by atoms with E-state index in [-0.39, 0.29) is 0 Å². The van der Waals surface area contributed by atoms with Crippen LogP contribution in [0.3, 0.4) is 0 Å². The normalized spacial score (nSPS) is 13.0. The highest BCUT2D eigenvalue weighted by Gasteiger charge is 2.08. The molecule has 3 nitrogen and oxygen atoms in total. The molecule has 0 fully saturated rings. The van der Waals surface area contributed by atoms with Gasteiger partial charge in [0, 0.05) is 16.5 Å². The van der Waals surface area contributed by atoms with E-state index in [0.29, 0.717) is 0 Å². The molecule has 0 aromatic carbocycles. The summed E-state index contributed by atoms with van der Waals surface area (Å²) in [7, 11) is 0. The maximum atomic E-state index is 9.34. The summed E-state index contributed by atoms with van der Waals surface area (Å²) >= 11 is 3.23. The van der Waals surface area contributed by atoms with Crippen molar-refractivity contribution < 1.29 is 5.11 Å². The first-order chi connectivity index (χ1) is 7.15. The fraction of sp³-hybridized carbons (Fsp3) is 0.400. The fourth-order valence-corrected chi connectivity index (χ4v) is 2.96. The molecule has 0 bridgehead atoms. The summed E-state index contributed by atoms with van der Waals surface area (Å²) < 4.78 is 0. The minimum absolute atomic E-state index is 0.479. The Labute approximate surface area is 96.5 Å².